The summed E-state index contributed by atoms with van der Waals surface area (Å²) in [6, 6.07) is 5.57. The zero-order valence-electron chi connectivity index (χ0n) is 13.0. The van der Waals surface area contributed by atoms with Gasteiger partial charge in [0.15, 0.2) is 0 Å². The maximum absolute atomic E-state index is 11.8. The summed E-state index contributed by atoms with van der Waals surface area (Å²) >= 11 is 3.41. The lowest BCUT2D eigenvalue weighted by molar-refractivity contribution is -0.124. The van der Waals surface area contributed by atoms with Gasteiger partial charge in [0.1, 0.15) is 0 Å². The van der Waals surface area contributed by atoms with Gasteiger partial charge in [-0.3, -0.25) is 9.59 Å². The van der Waals surface area contributed by atoms with Crippen LogP contribution in [-0.2, 0) is 9.59 Å². The number of nitrogens with two attached hydrogens (primary N) is 1. The van der Waals surface area contributed by atoms with E-state index in [2.05, 4.69) is 26.6 Å². The Morgan fingerprint density at radius 1 is 1.14 bits per heavy atom. The number of anilines is 1. The molecule has 0 aliphatic heterocycles. The Balaban J connectivity index is 2.22. The molecule has 0 saturated heterocycles. The lowest BCUT2D eigenvalue weighted by atomic mass is 10.1. The van der Waals surface area contributed by atoms with Gasteiger partial charge in [0.25, 0.3) is 0 Å². The minimum atomic E-state index is -0.224. The van der Waals surface area contributed by atoms with E-state index in [4.69, 9.17) is 5.73 Å². The quantitative estimate of drug-likeness (QED) is 0.585. The molecule has 1 aromatic carbocycles. The number of carbonyl (C=O) groups excluding carboxylic acids is 2. The molecule has 0 heterocycles. The summed E-state index contributed by atoms with van der Waals surface area (Å²) in [6.45, 7) is 2.64. The predicted molar refractivity (Wildman–Crippen MR) is 92.7 cm³/mol. The first-order chi connectivity index (χ1) is 10.5. The Bertz CT molecular complexity index is 506. The monoisotopic (exact) mass is 369 g/mol. The SMILES string of the molecule is Cc1cc(NC(=O)CNC(=O)CCCCCCN)ccc1Br. The second-order valence-corrected chi connectivity index (χ2v) is 6.10. The Morgan fingerprint density at radius 3 is 2.55 bits per heavy atom. The van der Waals surface area contributed by atoms with Crippen LogP contribution in [0.2, 0.25) is 0 Å². The molecule has 0 bridgehead atoms. The predicted octanol–water partition coefficient (Wildman–Crippen LogP) is 2.72. The molecule has 0 aromatic heterocycles. The van der Waals surface area contributed by atoms with Crippen molar-refractivity contribution in [1.82, 2.24) is 5.32 Å². The highest BCUT2D eigenvalue weighted by Gasteiger charge is 2.06. The normalized spacial score (nSPS) is 10.3. The molecule has 0 atom stereocenters. The fourth-order valence-electron chi connectivity index (χ4n) is 1.98. The number of nitrogens with one attached hydrogen (secondary N) is 2. The summed E-state index contributed by atoms with van der Waals surface area (Å²) in [5.74, 6) is -0.312. The number of aryl methyl sites for hydroxylation is 1. The molecular weight excluding hydrogens is 346 g/mol. The molecule has 122 valence electrons. The second kappa shape index (κ2) is 10.3. The number of rotatable bonds is 9. The number of carbonyl (C=O) groups is 2. The van der Waals surface area contributed by atoms with Crippen LogP contribution in [0.4, 0.5) is 5.69 Å². The van der Waals surface area contributed by atoms with E-state index in [1.807, 2.05) is 25.1 Å². The maximum atomic E-state index is 11.8. The van der Waals surface area contributed by atoms with Crippen LogP contribution in [0.25, 0.3) is 0 Å². The minimum Gasteiger partial charge on any atom is -0.347 e. The Morgan fingerprint density at radius 2 is 1.86 bits per heavy atom. The van der Waals surface area contributed by atoms with Crippen molar-refractivity contribution in [3.8, 4) is 0 Å². The molecule has 0 aliphatic rings. The van der Waals surface area contributed by atoms with Crippen molar-refractivity contribution < 1.29 is 9.59 Å². The van der Waals surface area contributed by atoms with Gasteiger partial charge in [-0.1, -0.05) is 28.8 Å². The van der Waals surface area contributed by atoms with Gasteiger partial charge >= 0.3 is 0 Å². The van der Waals surface area contributed by atoms with Crippen LogP contribution in [0.5, 0.6) is 0 Å². The van der Waals surface area contributed by atoms with Gasteiger partial charge in [-0.2, -0.15) is 0 Å². The standard InChI is InChI=1S/C16H24BrN3O2/c1-12-10-13(7-8-14(12)17)20-16(22)11-19-15(21)6-4-2-3-5-9-18/h7-8,10H,2-6,9,11,18H2,1H3,(H,19,21)(H,20,22). The van der Waals surface area contributed by atoms with Crippen molar-refractivity contribution in [3.63, 3.8) is 0 Å². The molecule has 0 aliphatic carbocycles. The Labute approximate surface area is 140 Å². The summed E-state index contributed by atoms with van der Waals surface area (Å²) in [7, 11) is 0. The highest BCUT2D eigenvalue weighted by molar-refractivity contribution is 9.10. The van der Waals surface area contributed by atoms with Crippen LogP contribution in [0.15, 0.2) is 22.7 Å². The van der Waals surface area contributed by atoms with Crippen LogP contribution in [-0.4, -0.2) is 24.9 Å². The van der Waals surface area contributed by atoms with E-state index in [9.17, 15) is 9.59 Å². The number of halogens is 1. The zero-order valence-corrected chi connectivity index (χ0v) is 14.5. The molecule has 0 radical (unpaired) electrons. The molecule has 0 fully saturated rings. The lowest BCUT2D eigenvalue weighted by Crippen LogP contribution is -2.32. The van der Waals surface area contributed by atoms with E-state index in [0.29, 0.717) is 13.0 Å². The third-order valence-electron chi connectivity index (χ3n) is 3.25. The number of hydrogen-bond donors (Lipinski definition) is 3. The van der Waals surface area contributed by atoms with E-state index in [0.717, 1.165) is 41.4 Å². The molecule has 0 unspecified atom stereocenters. The van der Waals surface area contributed by atoms with Gasteiger partial charge in [-0.15, -0.1) is 0 Å². The summed E-state index contributed by atoms with van der Waals surface area (Å²) in [4.78, 5) is 23.4. The largest absolute Gasteiger partial charge is 0.347 e. The average Bonchev–Trinajstić information content (AvgIpc) is 2.49. The highest BCUT2D eigenvalue weighted by atomic mass is 79.9. The first kappa shape index (κ1) is 18.6. The number of amides is 2. The minimum absolute atomic E-state index is 0.00323. The molecule has 5 nitrogen and oxygen atoms in total. The van der Waals surface area contributed by atoms with Gasteiger partial charge in [0.05, 0.1) is 6.54 Å². The van der Waals surface area contributed by atoms with Gasteiger partial charge in [0.2, 0.25) is 11.8 Å². The van der Waals surface area contributed by atoms with E-state index >= 15 is 0 Å². The van der Waals surface area contributed by atoms with Crippen LogP contribution in [0, 0.1) is 6.92 Å². The van der Waals surface area contributed by atoms with E-state index in [1.54, 1.807) is 0 Å². The van der Waals surface area contributed by atoms with Crippen LogP contribution in [0.3, 0.4) is 0 Å². The number of benzene rings is 1. The Hall–Kier alpha value is -1.40. The lowest BCUT2D eigenvalue weighted by Gasteiger charge is -2.08. The first-order valence-electron chi connectivity index (χ1n) is 7.55. The highest BCUT2D eigenvalue weighted by Crippen LogP contribution is 2.19. The summed E-state index contributed by atoms with van der Waals surface area (Å²) in [5.41, 5.74) is 7.17. The molecule has 0 spiro atoms. The third kappa shape index (κ3) is 7.56. The van der Waals surface area contributed by atoms with Crippen molar-refractivity contribution in [2.24, 2.45) is 5.73 Å². The van der Waals surface area contributed by atoms with E-state index < -0.39 is 0 Å². The van der Waals surface area contributed by atoms with Crippen molar-refractivity contribution >= 4 is 33.4 Å². The molecule has 1 aromatic rings. The Kier molecular flexibility index (Phi) is 8.77. The number of unbranched alkanes of at least 4 members (excludes halogenated alkanes) is 3. The second-order valence-electron chi connectivity index (χ2n) is 5.24. The summed E-state index contributed by atoms with van der Waals surface area (Å²) < 4.78 is 0.994. The van der Waals surface area contributed by atoms with E-state index in [1.165, 1.54) is 0 Å². The maximum Gasteiger partial charge on any atom is 0.243 e. The molecule has 22 heavy (non-hydrogen) atoms. The van der Waals surface area contributed by atoms with E-state index in [-0.39, 0.29) is 18.4 Å². The van der Waals surface area contributed by atoms with Crippen molar-refractivity contribution in [1.29, 1.82) is 0 Å². The van der Waals surface area contributed by atoms with Crippen molar-refractivity contribution in [2.75, 3.05) is 18.4 Å². The fourth-order valence-corrected chi connectivity index (χ4v) is 2.22. The smallest absolute Gasteiger partial charge is 0.243 e. The average molecular weight is 370 g/mol. The van der Waals surface area contributed by atoms with Crippen LogP contribution in [0.1, 0.15) is 37.7 Å². The third-order valence-corrected chi connectivity index (χ3v) is 4.14. The molecular formula is C16H24BrN3O2. The van der Waals surface area contributed by atoms with Gasteiger partial charge < -0.3 is 16.4 Å². The molecule has 0 saturated carbocycles. The van der Waals surface area contributed by atoms with Crippen LogP contribution < -0.4 is 16.4 Å². The van der Waals surface area contributed by atoms with Crippen LogP contribution >= 0.6 is 15.9 Å². The van der Waals surface area contributed by atoms with Gasteiger partial charge in [-0.05, 0) is 50.1 Å². The number of hydrogen-bond acceptors (Lipinski definition) is 3. The molecule has 1 rings (SSSR count). The van der Waals surface area contributed by atoms with Gasteiger partial charge in [0, 0.05) is 16.6 Å². The first-order valence-corrected chi connectivity index (χ1v) is 8.35. The summed E-state index contributed by atoms with van der Waals surface area (Å²) in [5, 5.41) is 5.40. The molecule has 6 heteroatoms. The summed E-state index contributed by atoms with van der Waals surface area (Å²) in [6.07, 6.45) is 4.33. The van der Waals surface area contributed by atoms with Gasteiger partial charge in [-0.25, -0.2) is 0 Å². The zero-order chi connectivity index (χ0) is 16.4. The topological polar surface area (TPSA) is 84.2 Å². The fraction of sp³-hybridized carbons (Fsp3) is 0.500. The van der Waals surface area contributed by atoms with Crippen molar-refractivity contribution in [2.45, 2.75) is 39.0 Å². The molecule has 2 amide bonds. The molecule has 4 N–H and O–H groups in total. The van der Waals surface area contributed by atoms with Crippen molar-refractivity contribution in [3.05, 3.63) is 28.2 Å².